The van der Waals surface area contributed by atoms with Gasteiger partial charge in [-0.25, -0.2) is 12.8 Å². The summed E-state index contributed by atoms with van der Waals surface area (Å²) < 4.78 is 35.7. The van der Waals surface area contributed by atoms with Crippen molar-refractivity contribution in [1.82, 2.24) is 0 Å². The van der Waals surface area contributed by atoms with Gasteiger partial charge in [-0.05, 0) is 37.5 Å². The molecule has 5 heteroatoms. The molecule has 0 aliphatic carbocycles. The smallest absolute Gasteiger partial charge is 0.236 e. The molecule has 0 amide bonds. The van der Waals surface area contributed by atoms with Crippen LogP contribution < -0.4 is 0 Å². The van der Waals surface area contributed by atoms with Gasteiger partial charge in [-0.1, -0.05) is 18.2 Å². The number of hydrogen-bond acceptors (Lipinski definition) is 2. The zero-order valence-corrected chi connectivity index (χ0v) is 11.0. The number of aryl methyl sites for hydroxylation is 1. The molecule has 0 atom stereocenters. The summed E-state index contributed by atoms with van der Waals surface area (Å²) in [5, 5.41) is 0. The molecule has 0 aromatic heterocycles. The van der Waals surface area contributed by atoms with E-state index in [1.165, 1.54) is 13.8 Å². The first kappa shape index (κ1) is 13.5. The summed E-state index contributed by atoms with van der Waals surface area (Å²) in [6.07, 6.45) is 0. The summed E-state index contributed by atoms with van der Waals surface area (Å²) in [5.41, 5.74) is 0.294. The third-order valence-corrected chi connectivity index (χ3v) is 3.35. The Morgan fingerprint density at radius 2 is 1.94 bits per heavy atom. The second-order valence-corrected chi connectivity index (χ2v) is 7.07. The maximum atomic E-state index is 13.7. The minimum absolute atomic E-state index is 0.274. The van der Waals surface area contributed by atoms with Crippen LogP contribution in [0.4, 0.5) is 4.39 Å². The molecular weight excluding hydrogens is 251 g/mol. The minimum atomic E-state index is -3.61. The third kappa shape index (κ3) is 3.76. The van der Waals surface area contributed by atoms with Crippen LogP contribution in [0.5, 0.6) is 0 Å². The van der Waals surface area contributed by atoms with Crippen molar-refractivity contribution < 1.29 is 12.8 Å². The quantitative estimate of drug-likeness (QED) is 0.786. The van der Waals surface area contributed by atoms with E-state index in [2.05, 4.69) is 0 Å². The van der Waals surface area contributed by atoms with Gasteiger partial charge in [-0.15, -0.1) is 0 Å². The van der Waals surface area contributed by atoms with Gasteiger partial charge in [0.15, 0.2) is 0 Å². The average molecular weight is 265 g/mol. The first-order valence-electron chi connectivity index (χ1n) is 4.81. The van der Waals surface area contributed by atoms with Gasteiger partial charge in [-0.2, -0.15) is 0 Å². The van der Waals surface area contributed by atoms with Crippen molar-refractivity contribution in [3.63, 3.8) is 0 Å². The number of halogens is 2. The van der Waals surface area contributed by atoms with Crippen LogP contribution in [0.2, 0.25) is 0 Å². The van der Waals surface area contributed by atoms with E-state index in [4.69, 9.17) is 10.7 Å². The van der Waals surface area contributed by atoms with E-state index >= 15 is 0 Å². The van der Waals surface area contributed by atoms with Crippen molar-refractivity contribution >= 4 is 19.7 Å². The summed E-state index contributed by atoms with van der Waals surface area (Å²) in [5.74, 6) is -0.274. The second kappa shape index (κ2) is 4.34. The fourth-order valence-electron chi connectivity index (χ4n) is 1.38. The Kier molecular flexibility index (Phi) is 3.65. The van der Waals surface area contributed by atoms with Gasteiger partial charge in [0.1, 0.15) is 5.67 Å². The molecule has 0 saturated carbocycles. The molecular formula is C11H14ClFO2S. The molecule has 0 bridgehead atoms. The zero-order valence-electron chi connectivity index (χ0n) is 9.42. The highest BCUT2D eigenvalue weighted by Gasteiger charge is 2.20. The van der Waals surface area contributed by atoms with Crippen molar-refractivity contribution in [3.8, 4) is 0 Å². The van der Waals surface area contributed by atoms with E-state index in [-0.39, 0.29) is 5.75 Å². The first-order valence-corrected chi connectivity index (χ1v) is 7.29. The van der Waals surface area contributed by atoms with Gasteiger partial charge in [-0.3, -0.25) is 0 Å². The molecule has 0 saturated heterocycles. The summed E-state index contributed by atoms with van der Waals surface area (Å²) in [7, 11) is 1.57. The molecule has 90 valence electrons. The van der Waals surface area contributed by atoms with Crippen LogP contribution in [0.25, 0.3) is 0 Å². The largest absolute Gasteiger partial charge is 0.239 e. The lowest BCUT2D eigenvalue weighted by Gasteiger charge is -2.16. The Morgan fingerprint density at radius 1 is 1.38 bits per heavy atom. The topological polar surface area (TPSA) is 34.1 Å². The van der Waals surface area contributed by atoms with E-state index in [0.717, 1.165) is 5.56 Å². The van der Waals surface area contributed by atoms with E-state index in [1.807, 2.05) is 0 Å². The van der Waals surface area contributed by atoms with Gasteiger partial charge < -0.3 is 0 Å². The van der Waals surface area contributed by atoms with Gasteiger partial charge in [0, 0.05) is 10.7 Å². The molecule has 16 heavy (non-hydrogen) atoms. The predicted octanol–water partition coefficient (Wildman–Crippen LogP) is 3.27. The Balaban J connectivity index is 3.20. The molecule has 0 spiro atoms. The molecule has 1 aromatic rings. The van der Waals surface area contributed by atoms with Gasteiger partial charge in [0.25, 0.3) is 0 Å². The molecule has 2 nitrogen and oxygen atoms in total. The SMILES string of the molecule is Cc1ccc(C(C)(C)F)cc1CS(=O)(=O)Cl. The Bertz CT molecular complexity index is 489. The van der Waals surface area contributed by atoms with E-state index in [1.54, 1.807) is 25.1 Å². The normalized spacial score (nSPS) is 12.8. The summed E-state index contributed by atoms with van der Waals surface area (Å²) >= 11 is 0. The lowest BCUT2D eigenvalue weighted by Crippen LogP contribution is -2.10. The molecule has 1 aromatic carbocycles. The molecule has 0 aliphatic heterocycles. The summed E-state index contributed by atoms with van der Waals surface area (Å²) in [4.78, 5) is 0. The maximum Gasteiger partial charge on any atom is 0.236 e. The summed E-state index contributed by atoms with van der Waals surface area (Å²) in [6, 6.07) is 4.91. The highest BCUT2D eigenvalue weighted by Crippen LogP contribution is 2.27. The van der Waals surface area contributed by atoms with E-state index in [0.29, 0.717) is 11.1 Å². The van der Waals surface area contributed by atoms with Crippen LogP contribution in [0, 0.1) is 6.92 Å². The van der Waals surface area contributed by atoms with Crippen LogP contribution in [-0.4, -0.2) is 8.42 Å². The molecule has 0 aliphatic rings. The molecule has 0 heterocycles. The van der Waals surface area contributed by atoms with Gasteiger partial charge >= 0.3 is 0 Å². The Morgan fingerprint density at radius 3 is 2.38 bits per heavy atom. The third-order valence-electron chi connectivity index (χ3n) is 2.36. The molecule has 0 unspecified atom stereocenters. The highest BCUT2D eigenvalue weighted by atomic mass is 35.7. The highest BCUT2D eigenvalue weighted by molar-refractivity contribution is 8.13. The Labute approximate surface area is 99.9 Å². The monoisotopic (exact) mass is 264 g/mol. The van der Waals surface area contributed by atoms with Gasteiger partial charge in [0.2, 0.25) is 9.05 Å². The van der Waals surface area contributed by atoms with Crippen molar-refractivity contribution in [3.05, 3.63) is 34.9 Å². The van der Waals surface area contributed by atoms with Gasteiger partial charge in [0.05, 0.1) is 5.75 Å². The van der Waals surface area contributed by atoms with E-state index in [9.17, 15) is 12.8 Å². The van der Waals surface area contributed by atoms with Crippen molar-refractivity contribution in [2.45, 2.75) is 32.2 Å². The maximum absolute atomic E-state index is 13.7. The molecule has 0 N–H and O–H groups in total. The van der Waals surface area contributed by atoms with Crippen LogP contribution in [0.15, 0.2) is 18.2 Å². The number of alkyl halides is 1. The van der Waals surface area contributed by atoms with Crippen molar-refractivity contribution in [2.75, 3.05) is 0 Å². The number of hydrogen-bond donors (Lipinski definition) is 0. The average Bonchev–Trinajstić information content (AvgIpc) is 2.04. The van der Waals surface area contributed by atoms with Crippen molar-refractivity contribution in [2.24, 2.45) is 0 Å². The lowest BCUT2D eigenvalue weighted by atomic mass is 9.96. The van der Waals surface area contributed by atoms with Crippen LogP contribution in [0.3, 0.4) is 0 Å². The predicted molar refractivity (Wildman–Crippen MR) is 63.8 cm³/mol. The van der Waals surface area contributed by atoms with Crippen LogP contribution >= 0.6 is 10.7 Å². The number of benzene rings is 1. The summed E-state index contributed by atoms with van der Waals surface area (Å²) in [6.45, 7) is 4.62. The van der Waals surface area contributed by atoms with Crippen LogP contribution in [-0.2, 0) is 20.5 Å². The standard InChI is InChI=1S/C11H14ClFO2S/c1-8-4-5-10(11(2,3)13)6-9(8)7-16(12,14)15/h4-6H,7H2,1-3H3. The molecule has 0 radical (unpaired) electrons. The Hall–Kier alpha value is -0.610. The fraction of sp³-hybridized carbons (Fsp3) is 0.455. The first-order chi connectivity index (χ1) is 7.09. The fourth-order valence-corrected chi connectivity index (χ4v) is 2.42. The molecule has 1 rings (SSSR count). The minimum Gasteiger partial charge on any atom is -0.239 e. The van der Waals surface area contributed by atoms with E-state index < -0.39 is 14.7 Å². The zero-order chi connectivity index (χ0) is 12.6. The van der Waals surface area contributed by atoms with Crippen LogP contribution in [0.1, 0.15) is 30.5 Å². The number of rotatable bonds is 3. The lowest BCUT2D eigenvalue weighted by molar-refractivity contribution is 0.221. The second-order valence-electron chi connectivity index (χ2n) is 4.30. The van der Waals surface area contributed by atoms with Crippen molar-refractivity contribution in [1.29, 1.82) is 0 Å². The molecule has 0 fully saturated rings.